The van der Waals surface area contributed by atoms with E-state index in [2.05, 4.69) is 19.9 Å². The molecule has 0 aromatic carbocycles. The van der Waals surface area contributed by atoms with Gasteiger partial charge in [-0.3, -0.25) is 4.79 Å². The van der Waals surface area contributed by atoms with Crippen LogP contribution in [0.4, 0.5) is 0 Å². The Labute approximate surface area is 122 Å². The van der Waals surface area contributed by atoms with Gasteiger partial charge in [0.2, 0.25) is 0 Å². The van der Waals surface area contributed by atoms with Crippen LogP contribution >= 0.6 is 0 Å². The first-order chi connectivity index (χ1) is 9.27. The van der Waals surface area contributed by atoms with Crippen molar-refractivity contribution in [2.75, 3.05) is 13.2 Å². The minimum Gasteiger partial charge on any atom is -0.462 e. The lowest BCUT2D eigenvalue weighted by Crippen LogP contribution is -2.32. The van der Waals surface area contributed by atoms with Gasteiger partial charge in [-0.05, 0) is 51.4 Å². The zero-order valence-electron chi connectivity index (χ0n) is 13.3. The monoisotopic (exact) mass is 280 g/mol. The fourth-order valence-electron chi connectivity index (χ4n) is 2.56. The van der Waals surface area contributed by atoms with Gasteiger partial charge >= 0.3 is 5.97 Å². The third-order valence-corrected chi connectivity index (χ3v) is 4.07. The van der Waals surface area contributed by atoms with Gasteiger partial charge in [0.25, 0.3) is 0 Å². The number of esters is 1. The molecule has 3 nitrogen and oxygen atoms in total. The fraction of sp³-hybridized carbons (Fsp3) is 0.824. The predicted molar refractivity (Wildman–Crippen MR) is 79.4 cm³/mol. The Balaban J connectivity index is 1.65. The second kappa shape index (κ2) is 5.88. The summed E-state index contributed by atoms with van der Waals surface area (Å²) in [4.78, 5) is 11.5. The van der Waals surface area contributed by atoms with E-state index in [9.17, 15) is 4.79 Å². The molecule has 1 fully saturated rings. The van der Waals surface area contributed by atoms with Gasteiger partial charge in [0.05, 0.1) is 18.1 Å². The predicted octanol–water partition coefficient (Wildman–Crippen LogP) is 3.87. The van der Waals surface area contributed by atoms with Crippen molar-refractivity contribution in [3.8, 4) is 0 Å². The fourth-order valence-corrected chi connectivity index (χ4v) is 2.56. The molecule has 0 N–H and O–H groups in total. The average molecular weight is 280 g/mol. The highest BCUT2D eigenvalue weighted by Gasteiger charge is 2.33. The molecule has 0 amide bonds. The first-order valence-corrected chi connectivity index (χ1v) is 7.79. The molecule has 0 heterocycles. The Morgan fingerprint density at radius 2 is 2.10 bits per heavy atom. The summed E-state index contributed by atoms with van der Waals surface area (Å²) in [6, 6.07) is 0. The Kier molecular flexibility index (Phi) is 4.58. The summed E-state index contributed by atoms with van der Waals surface area (Å²) in [5.41, 5.74) is 1.46. The van der Waals surface area contributed by atoms with Gasteiger partial charge in [-0.25, -0.2) is 0 Å². The number of hydrogen-bond donors (Lipinski definition) is 0. The topological polar surface area (TPSA) is 35.5 Å². The lowest BCUT2D eigenvalue weighted by molar-refractivity contribution is -0.154. The smallest absolute Gasteiger partial charge is 0.309 e. The van der Waals surface area contributed by atoms with Crippen LogP contribution in [-0.2, 0) is 14.3 Å². The van der Waals surface area contributed by atoms with Crippen LogP contribution in [0.5, 0.6) is 0 Å². The first kappa shape index (κ1) is 15.6. The van der Waals surface area contributed by atoms with Crippen LogP contribution in [0, 0.1) is 11.3 Å². The molecule has 20 heavy (non-hydrogen) atoms. The molecule has 0 aliphatic heterocycles. The van der Waals surface area contributed by atoms with E-state index in [1.807, 2.05) is 13.8 Å². The normalized spacial score (nSPS) is 21.7. The zero-order chi connectivity index (χ0) is 14.8. The lowest BCUT2D eigenvalue weighted by Gasteiger charge is -2.25. The van der Waals surface area contributed by atoms with Crippen molar-refractivity contribution in [3.63, 3.8) is 0 Å². The van der Waals surface area contributed by atoms with E-state index in [1.165, 1.54) is 18.4 Å². The molecule has 0 spiro atoms. The van der Waals surface area contributed by atoms with E-state index < -0.39 is 0 Å². The maximum Gasteiger partial charge on any atom is 0.309 e. The number of carbonyl (C=O) groups excluding carboxylic acids is 1. The van der Waals surface area contributed by atoms with Crippen LogP contribution in [-0.4, -0.2) is 24.8 Å². The second-order valence-corrected chi connectivity index (χ2v) is 7.53. The van der Waals surface area contributed by atoms with Crippen molar-refractivity contribution in [1.82, 2.24) is 0 Å². The second-order valence-electron chi connectivity index (χ2n) is 7.53. The van der Waals surface area contributed by atoms with Crippen molar-refractivity contribution in [3.05, 3.63) is 11.6 Å². The molecule has 114 valence electrons. The lowest BCUT2D eigenvalue weighted by atomic mass is 9.94. The highest BCUT2D eigenvalue weighted by Crippen LogP contribution is 2.36. The Morgan fingerprint density at radius 1 is 1.40 bits per heavy atom. The van der Waals surface area contributed by atoms with Gasteiger partial charge in [0.1, 0.15) is 6.61 Å². The van der Waals surface area contributed by atoms with E-state index in [0.29, 0.717) is 18.6 Å². The Hall–Kier alpha value is -0.830. The molecule has 0 bridgehead atoms. The summed E-state index contributed by atoms with van der Waals surface area (Å²) in [6.07, 6.45) is 7.78. The molecule has 0 aromatic rings. The maximum atomic E-state index is 11.5. The average Bonchev–Trinajstić information content (AvgIpc) is 3.12. The molecule has 2 rings (SSSR count). The van der Waals surface area contributed by atoms with E-state index >= 15 is 0 Å². The number of ether oxygens (including phenoxy) is 2. The summed E-state index contributed by atoms with van der Waals surface area (Å²) in [5, 5.41) is 0. The minimum absolute atomic E-state index is 0.0538. The summed E-state index contributed by atoms with van der Waals surface area (Å²) in [7, 11) is 0. The molecule has 3 heteroatoms. The number of allylic oxidation sites excluding steroid dienone is 1. The van der Waals surface area contributed by atoms with Crippen LogP contribution in [0.25, 0.3) is 0 Å². The molecular weight excluding hydrogens is 252 g/mol. The van der Waals surface area contributed by atoms with Crippen molar-refractivity contribution in [1.29, 1.82) is 0 Å². The maximum absolute atomic E-state index is 11.5. The SMILES string of the molecule is CC1(C)C=C(CCOC(C)(C)COC(=O)C2CC2)CC1. The van der Waals surface area contributed by atoms with Crippen molar-refractivity contribution >= 4 is 5.97 Å². The van der Waals surface area contributed by atoms with Crippen molar-refractivity contribution in [2.45, 2.75) is 65.4 Å². The van der Waals surface area contributed by atoms with Gasteiger partial charge in [-0.15, -0.1) is 0 Å². The van der Waals surface area contributed by atoms with Gasteiger partial charge in [0, 0.05) is 0 Å². The van der Waals surface area contributed by atoms with Gasteiger partial charge < -0.3 is 9.47 Å². The van der Waals surface area contributed by atoms with E-state index in [4.69, 9.17) is 9.47 Å². The Morgan fingerprint density at radius 3 is 2.65 bits per heavy atom. The van der Waals surface area contributed by atoms with Crippen molar-refractivity contribution in [2.24, 2.45) is 11.3 Å². The van der Waals surface area contributed by atoms with Crippen LogP contribution in [0.1, 0.15) is 59.8 Å². The molecule has 0 saturated heterocycles. The van der Waals surface area contributed by atoms with E-state index in [1.54, 1.807) is 0 Å². The highest BCUT2D eigenvalue weighted by atomic mass is 16.6. The summed E-state index contributed by atoms with van der Waals surface area (Å²) in [5.74, 6) is 0.110. The van der Waals surface area contributed by atoms with E-state index in [-0.39, 0.29) is 17.5 Å². The zero-order valence-corrected chi connectivity index (χ0v) is 13.3. The molecular formula is C17H28O3. The summed E-state index contributed by atoms with van der Waals surface area (Å²) >= 11 is 0. The Bertz CT molecular complexity index is 389. The van der Waals surface area contributed by atoms with Crippen LogP contribution < -0.4 is 0 Å². The number of rotatable bonds is 7. The molecule has 2 aliphatic rings. The number of carbonyl (C=O) groups is 1. The summed E-state index contributed by atoms with van der Waals surface area (Å²) < 4.78 is 11.2. The first-order valence-electron chi connectivity index (χ1n) is 7.79. The molecule has 0 radical (unpaired) electrons. The van der Waals surface area contributed by atoms with Crippen LogP contribution in [0.3, 0.4) is 0 Å². The van der Waals surface area contributed by atoms with Gasteiger partial charge in [-0.1, -0.05) is 25.5 Å². The van der Waals surface area contributed by atoms with E-state index in [0.717, 1.165) is 19.3 Å². The summed E-state index contributed by atoms with van der Waals surface area (Å²) in [6.45, 7) is 9.59. The standard InChI is InChI=1S/C17H28O3/c1-16(2)9-7-13(11-16)8-10-20-17(3,4)12-19-15(18)14-5-6-14/h11,14H,5-10,12H2,1-4H3. The quantitative estimate of drug-likeness (QED) is 0.524. The van der Waals surface area contributed by atoms with Gasteiger partial charge in [-0.2, -0.15) is 0 Å². The van der Waals surface area contributed by atoms with Gasteiger partial charge in [0.15, 0.2) is 0 Å². The third kappa shape index (κ3) is 4.93. The molecule has 0 aromatic heterocycles. The minimum atomic E-state index is -0.390. The largest absolute Gasteiger partial charge is 0.462 e. The third-order valence-electron chi connectivity index (χ3n) is 4.07. The highest BCUT2D eigenvalue weighted by molar-refractivity contribution is 5.74. The number of hydrogen-bond acceptors (Lipinski definition) is 3. The molecule has 0 atom stereocenters. The van der Waals surface area contributed by atoms with Crippen LogP contribution in [0.2, 0.25) is 0 Å². The molecule has 1 saturated carbocycles. The molecule has 0 unspecified atom stereocenters. The van der Waals surface area contributed by atoms with Crippen LogP contribution in [0.15, 0.2) is 11.6 Å². The molecule has 2 aliphatic carbocycles. The van der Waals surface area contributed by atoms with Crippen molar-refractivity contribution < 1.29 is 14.3 Å².